The van der Waals surface area contributed by atoms with Gasteiger partial charge in [-0.25, -0.2) is 0 Å². The van der Waals surface area contributed by atoms with E-state index in [4.69, 9.17) is 0 Å². The Labute approximate surface area is 143 Å². The Hall–Kier alpha value is -0.0431. The van der Waals surface area contributed by atoms with Gasteiger partial charge < -0.3 is 0 Å². The molecule has 0 aromatic rings. The first-order valence-corrected chi connectivity index (χ1v) is 13.5. The molecule has 0 aromatic heterocycles. The maximum absolute atomic E-state index is 3.78. The molecule has 0 bridgehead atoms. The molecule has 0 aliphatic heterocycles. The Bertz CT molecular complexity index is 210. The molecule has 0 N–H and O–H groups in total. The largest absolute Gasteiger partial charge is 0.103 e. The van der Waals surface area contributed by atoms with Crippen molar-refractivity contribution in [2.75, 3.05) is 0 Å². The summed E-state index contributed by atoms with van der Waals surface area (Å²) in [4.78, 5) is 0. The van der Waals surface area contributed by atoms with E-state index in [2.05, 4.69) is 19.7 Å². The lowest BCUT2D eigenvalue weighted by atomic mass is 10.0. The average molecular weight is 325 g/mol. The van der Waals surface area contributed by atoms with E-state index in [1.807, 2.05) is 6.08 Å². The Balaban J connectivity index is 2.95. The predicted octanol–water partition coefficient (Wildman–Crippen LogP) is 7.90. The summed E-state index contributed by atoms with van der Waals surface area (Å²) in [5.74, 6) is 0. The van der Waals surface area contributed by atoms with Crippen LogP contribution in [0.2, 0.25) is 19.1 Å². The van der Waals surface area contributed by atoms with Gasteiger partial charge in [0.25, 0.3) is 0 Å². The number of allylic oxidation sites excluding steroid dienone is 1. The molecule has 0 aliphatic rings. The fourth-order valence-corrected chi connectivity index (χ4v) is 4.24. The fourth-order valence-electron chi connectivity index (χ4n) is 3.14. The maximum atomic E-state index is 3.78. The van der Waals surface area contributed by atoms with Gasteiger partial charge in [-0.1, -0.05) is 115 Å². The van der Waals surface area contributed by atoms with Crippen LogP contribution in [0.25, 0.3) is 0 Å². The molecule has 0 aliphatic carbocycles. The van der Waals surface area contributed by atoms with Gasteiger partial charge in [0.05, 0.1) is 0 Å². The normalized spacial score (nSPS) is 11.2. The Morgan fingerprint density at radius 3 is 1.18 bits per heavy atom. The highest BCUT2D eigenvalue weighted by Gasteiger charge is 1.96. The number of hydrogen-bond donors (Lipinski definition) is 0. The van der Waals surface area contributed by atoms with Crippen LogP contribution in [0.15, 0.2) is 12.7 Å². The van der Waals surface area contributed by atoms with Crippen LogP contribution < -0.4 is 0 Å². The fraction of sp³-hybridized carbons (Fsp3) is 0.905. The van der Waals surface area contributed by atoms with Crippen LogP contribution in [0.5, 0.6) is 0 Å². The van der Waals surface area contributed by atoms with E-state index in [1.165, 1.54) is 103 Å². The van der Waals surface area contributed by atoms with E-state index in [0.29, 0.717) is 0 Å². The van der Waals surface area contributed by atoms with Gasteiger partial charge in [0.15, 0.2) is 0 Å². The zero-order valence-corrected chi connectivity index (χ0v) is 17.0. The minimum Gasteiger partial charge on any atom is -0.103 e. The van der Waals surface area contributed by atoms with Gasteiger partial charge in [-0.15, -0.1) is 6.58 Å². The summed E-state index contributed by atoms with van der Waals surface area (Å²) in [6.07, 6.45) is 25.3. The molecule has 22 heavy (non-hydrogen) atoms. The van der Waals surface area contributed by atoms with Gasteiger partial charge in [-0.05, 0) is 12.8 Å². The van der Waals surface area contributed by atoms with Crippen molar-refractivity contribution >= 4 is 8.80 Å². The first-order valence-electron chi connectivity index (χ1n) is 10.4. The zero-order valence-electron chi connectivity index (χ0n) is 15.9. The van der Waals surface area contributed by atoms with Crippen molar-refractivity contribution in [3.05, 3.63) is 12.7 Å². The van der Waals surface area contributed by atoms with Crippen molar-refractivity contribution < 1.29 is 0 Å². The highest BCUT2D eigenvalue weighted by molar-refractivity contribution is 6.55. The van der Waals surface area contributed by atoms with Gasteiger partial charge in [0.2, 0.25) is 0 Å². The van der Waals surface area contributed by atoms with Crippen LogP contribution in [0.1, 0.15) is 103 Å². The van der Waals surface area contributed by atoms with Gasteiger partial charge in [-0.2, -0.15) is 0 Å². The first kappa shape index (κ1) is 22.0. The van der Waals surface area contributed by atoms with Crippen molar-refractivity contribution in [2.24, 2.45) is 0 Å². The molecular formula is C21H44Si. The Morgan fingerprint density at radius 1 is 0.545 bits per heavy atom. The van der Waals surface area contributed by atoms with Gasteiger partial charge >= 0.3 is 0 Å². The van der Waals surface area contributed by atoms with Crippen LogP contribution >= 0.6 is 0 Å². The quantitative estimate of drug-likeness (QED) is 0.136. The highest BCUT2D eigenvalue weighted by atomic mass is 28.3. The molecule has 0 aromatic carbocycles. The SMILES string of the molecule is C=CCCCCCCCCCCCCCCCCC[SiH](C)C. The monoisotopic (exact) mass is 324 g/mol. The van der Waals surface area contributed by atoms with E-state index in [0.717, 1.165) is 0 Å². The molecule has 0 rings (SSSR count). The summed E-state index contributed by atoms with van der Waals surface area (Å²) in [7, 11) is -0.269. The van der Waals surface area contributed by atoms with Crippen molar-refractivity contribution in [2.45, 2.75) is 122 Å². The topological polar surface area (TPSA) is 0 Å². The smallest absolute Gasteiger partial charge is 0.0305 e. The summed E-state index contributed by atoms with van der Waals surface area (Å²) >= 11 is 0. The second-order valence-electron chi connectivity index (χ2n) is 7.56. The molecule has 0 saturated carbocycles. The first-order chi connectivity index (χ1) is 10.8. The summed E-state index contributed by atoms with van der Waals surface area (Å²) in [5.41, 5.74) is 0. The molecule has 1 heteroatoms. The molecule has 0 amide bonds. The summed E-state index contributed by atoms with van der Waals surface area (Å²) in [6.45, 7) is 8.73. The molecule has 0 radical (unpaired) electrons. The van der Waals surface area contributed by atoms with Crippen LogP contribution in [0, 0.1) is 0 Å². The van der Waals surface area contributed by atoms with Crippen LogP contribution in [-0.2, 0) is 0 Å². The van der Waals surface area contributed by atoms with E-state index in [-0.39, 0.29) is 8.80 Å². The minimum atomic E-state index is -0.269. The van der Waals surface area contributed by atoms with E-state index in [9.17, 15) is 0 Å². The van der Waals surface area contributed by atoms with E-state index < -0.39 is 0 Å². The molecule has 0 atom stereocenters. The molecule has 0 fully saturated rings. The van der Waals surface area contributed by atoms with E-state index >= 15 is 0 Å². The van der Waals surface area contributed by atoms with Crippen LogP contribution in [-0.4, -0.2) is 8.80 Å². The number of unbranched alkanes of at least 4 members (excludes halogenated alkanes) is 15. The van der Waals surface area contributed by atoms with Crippen molar-refractivity contribution in [1.82, 2.24) is 0 Å². The molecule has 0 saturated heterocycles. The lowest BCUT2D eigenvalue weighted by Gasteiger charge is -2.04. The second-order valence-corrected chi connectivity index (χ2v) is 10.9. The van der Waals surface area contributed by atoms with Gasteiger partial charge in [0, 0.05) is 8.80 Å². The average Bonchev–Trinajstić information content (AvgIpc) is 2.50. The maximum Gasteiger partial charge on any atom is 0.0305 e. The highest BCUT2D eigenvalue weighted by Crippen LogP contribution is 2.14. The van der Waals surface area contributed by atoms with Gasteiger partial charge in [-0.3, -0.25) is 0 Å². The lowest BCUT2D eigenvalue weighted by molar-refractivity contribution is 0.532. The molecular weight excluding hydrogens is 280 g/mol. The second kappa shape index (κ2) is 19.0. The Morgan fingerprint density at radius 2 is 0.864 bits per heavy atom. The lowest BCUT2D eigenvalue weighted by Crippen LogP contribution is -1.97. The summed E-state index contributed by atoms with van der Waals surface area (Å²) < 4.78 is 0. The van der Waals surface area contributed by atoms with Crippen LogP contribution in [0.3, 0.4) is 0 Å². The van der Waals surface area contributed by atoms with E-state index in [1.54, 1.807) is 6.04 Å². The molecule has 0 unspecified atom stereocenters. The van der Waals surface area contributed by atoms with Crippen LogP contribution in [0.4, 0.5) is 0 Å². The third-order valence-electron chi connectivity index (χ3n) is 4.69. The molecule has 0 spiro atoms. The molecule has 0 heterocycles. The third-order valence-corrected chi connectivity index (χ3v) is 6.25. The van der Waals surface area contributed by atoms with Gasteiger partial charge in [0.1, 0.15) is 0 Å². The number of rotatable bonds is 18. The van der Waals surface area contributed by atoms with Crippen molar-refractivity contribution in [3.63, 3.8) is 0 Å². The summed E-state index contributed by atoms with van der Waals surface area (Å²) in [5, 5.41) is 0. The number of hydrogen-bond acceptors (Lipinski definition) is 0. The third kappa shape index (κ3) is 20.0. The minimum absolute atomic E-state index is 0.269. The standard InChI is InChI=1S/C21H44Si/c1-4-5-6-7-8-9-10-11-12-13-14-15-16-17-18-19-20-21-22(2)3/h4,22H,1,5-21H2,2-3H3. The zero-order chi connectivity index (χ0) is 16.3. The van der Waals surface area contributed by atoms with Crippen molar-refractivity contribution in [3.8, 4) is 0 Å². The molecule has 0 nitrogen and oxygen atoms in total. The Kier molecular flexibility index (Phi) is 19.0. The molecule has 132 valence electrons. The van der Waals surface area contributed by atoms with Crippen molar-refractivity contribution in [1.29, 1.82) is 0 Å². The predicted molar refractivity (Wildman–Crippen MR) is 108 cm³/mol. The summed E-state index contributed by atoms with van der Waals surface area (Å²) in [6, 6.07) is 1.56.